The Morgan fingerprint density at radius 3 is 2.68 bits per heavy atom. The summed E-state index contributed by atoms with van der Waals surface area (Å²) in [5.74, 6) is -1.25. The van der Waals surface area contributed by atoms with Crippen LogP contribution in [0.3, 0.4) is 0 Å². The minimum Gasteiger partial charge on any atom is -0.493 e. The molecule has 25 heavy (non-hydrogen) atoms. The van der Waals surface area contributed by atoms with Gasteiger partial charge in [-0.05, 0) is 30.3 Å². The molecule has 0 saturated heterocycles. The highest BCUT2D eigenvalue weighted by molar-refractivity contribution is 6.31. The van der Waals surface area contributed by atoms with E-state index in [0.717, 1.165) is 12.1 Å². The van der Waals surface area contributed by atoms with Crippen molar-refractivity contribution < 1.29 is 27.4 Å². The van der Waals surface area contributed by atoms with E-state index in [4.69, 9.17) is 16.3 Å². The average molecular weight is 372 g/mol. The number of ether oxygens (including phenoxy) is 2. The Bertz CT molecular complexity index is 797. The Morgan fingerprint density at radius 2 is 2.04 bits per heavy atom. The molecule has 0 saturated carbocycles. The van der Waals surface area contributed by atoms with Gasteiger partial charge in [0.25, 0.3) is 0 Å². The van der Waals surface area contributed by atoms with E-state index in [1.807, 2.05) is 0 Å². The summed E-state index contributed by atoms with van der Waals surface area (Å²) in [6, 6.07) is 8.20. The lowest BCUT2D eigenvalue weighted by molar-refractivity contribution is -0.111. The van der Waals surface area contributed by atoms with Crippen molar-refractivity contribution >= 4 is 29.3 Å². The molecule has 0 atom stereocenters. The number of nitrogens with one attached hydrogen (secondary N) is 1. The van der Waals surface area contributed by atoms with Crippen LogP contribution < -0.4 is 14.8 Å². The van der Waals surface area contributed by atoms with Crippen LogP contribution in [0.15, 0.2) is 42.5 Å². The fraction of sp³-hybridized carbons (Fsp3) is 0.118. The molecule has 0 aliphatic heterocycles. The molecular weight excluding hydrogens is 359 g/mol. The lowest BCUT2D eigenvalue weighted by Gasteiger charge is -2.12. The lowest BCUT2D eigenvalue weighted by Crippen LogP contribution is -2.08. The number of benzene rings is 2. The number of rotatable bonds is 6. The summed E-state index contributed by atoms with van der Waals surface area (Å²) in [6.07, 6.45) is 2.41. The van der Waals surface area contributed by atoms with Crippen molar-refractivity contribution in [2.45, 2.75) is 6.61 Å². The Balaban J connectivity index is 2.17. The molecule has 4 nitrogen and oxygen atoms in total. The molecule has 0 fully saturated rings. The van der Waals surface area contributed by atoms with E-state index in [2.05, 4.69) is 10.1 Å². The van der Waals surface area contributed by atoms with Crippen molar-refractivity contribution in [1.82, 2.24) is 0 Å². The van der Waals surface area contributed by atoms with Gasteiger partial charge in [-0.1, -0.05) is 23.7 Å². The molecule has 1 N–H and O–H groups in total. The van der Waals surface area contributed by atoms with Crippen LogP contribution in [-0.4, -0.2) is 19.6 Å². The largest absolute Gasteiger partial charge is 0.493 e. The van der Waals surface area contributed by atoms with Crippen LogP contribution in [0.25, 0.3) is 6.08 Å². The molecule has 0 heterocycles. The Hall–Kier alpha value is -2.67. The minimum atomic E-state index is -3.04. The second-order valence-electron chi connectivity index (χ2n) is 4.71. The monoisotopic (exact) mass is 371 g/mol. The van der Waals surface area contributed by atoms with Crippen molar-refractivity contribution in [2.75, 3.05) is 12.4 Å². The second kappa shape index (κ2) is 8.43. The van der Waals surface area contributed by atoms with Crippen molar-refractivity contribution in [2.24, 2.45) is 0 Å². The molecule has 0 unspecified atom stereocenters. The number of carbonyl (C=O) groups is 1. The van der Waals surface area contributed by atoms with Crippen LogP contribution in [-0.2, 0) is 4.79 Å². The van der Waals surface area contributed by atoms with Gasteiger partial charge in [-0.25, -0.2) is 4.39 Å². The molecule has 132 valence electrons. The number of amides is 1. The first-order valence-corrected chi connectivity index (χ1v) is 7.34. The van der Waals surface area contributed by atoms with Crippen LogP contribution in [0, 0.1) is 5.82 Å². The molecule has 0 spiro atoms. The summed E-state index contributed by atoms with van der Waals surface area (Å²) in [5.41, 5.74) is 0.516. The number of hydrogen-bond donors (Lipinski definition) is 1. The summed E-state index contributed by atoms with van der Waals surface area (Å²) in [7, 11) is 1.31. The number of halogens is 4. The number of alkyl halides is 2. The number of hydrogen-bond acceptors (Lipinski definition) is 3. The van der Waals surface area contributed by atoms with Gasteiger partial charge >= 0.3 is 6.61 Å². The minimum absolute atomic E-state index is 0.105. The van der Waals surface area contributed by atoms with Crippen molar-refractivity contribution in [3.63, 3.8) is 0 Å². The van der Waals surface area contributed by atoms with Gasteiger partial charge in [0.15, 0.2) is 11.5 Å². The van der Waals surface area contributed by atoms with Gasteiger partial charge in [0, 0.05) is 17.3 Å². The van der Waals surface area contributed by atoms with Crippen LogP contribution in [0.4, 0.5) is 18.9 Å². The fourth-order valence-electron chi connectivity index (χ4n) is 1.96. The van der Waals surface area contributed by atoms with Crippen LogP contribution >= 0.6 is 11.6 Å². The number of para-hydroxylation sites is 1. The normalized spacial score (nSPS) is 11.0. The Morgan fingerprint density at radius 1 is 1.28 bits per heavy atom. The zero-order chi connectivity index (χ0) is 18.4. The third kappa shape index (κ3) is 5.15. The average Bonchev–Trinajstić information content (AvgIpc) is 2.56. The third-order valence-corrected chi connectivity index (χ3v) is 3.33. The van der Waals surface area contributed by atoms with Crippen LogP contribution in [0.1, 0.15) is 5.56 Å². The molecule has 0 radical (unpaired) electrons. The van der Waals surface area contributed by atoms with E-state index in [1.165, 1.54) is 37.5 Å². The predicted octanol–water partition coefficient (Wildman–Crippen LogP) is 4.74. The summed E-state index contributed by atoms with van der Waals surface area (Å²) in [6.45, 7) is -3.04. The molecule has 0 aromatic heterocycles. The summed E-state index contributed by atoms with van der Waals surface area (Å²) < 4.78 is 47.6. The molecule has 8 heteroatoms. The maximum atomic E-state index is 13.1. The highest BCUT2D eigenvalue weighted by Gasteiger charge is 2.14. The number of anilines is 1. The molecular formula is C17H13ClF3NO3. The zero-order valence-corrected chi connectivity index (χ0v) is 13.7. The van der Waals surface area contributed by atoms with Gasteiger partial charge in [0.1, 0.15) is 5.82 Å². The van der Waals surface area contributed by atoms with Gasteiger partial charge in [0.2, 0.25) is 5.91 Å². The molecule has 0 bridgehead atoms. The predicted molar refractivity (Wildman–Crippen MR) is 88.7 cm³/mol. The smallest absolute Gasteiger partial charge is 0.387 e. The summed E-state index contributed by atoms with van der Waals surface area (Å²) >= 11 is 5.63. The van der Waals surface area contributed by atoms with E-state index in [-0.39, 0.29) is 27.8 Å². The van der Waals surface area contributed by atoms with Gasteiger partial charge in [0.05, 0.1) is 12.1 Å². The van der Waals surface area contributed by atoms with E-state index >= 15 is 0 Å². The molecule has 1 amide bonds. The van der Waals surface area contributed by atoms with Gasteiger partial charge in [-0.2, -0.15) is 8.78 Å². The van der Waals surface area contributed by atoms with Gasteiger partial charge in [-0.15, -0.1) is 0 Å². The highest BCUT2D eigenvalue weighted by Crippen LogP contribution is 2.33. The van der Waals surface area contributed by atoms with Crippen LogP contribution in [0.2, 0.25) is 5.02 Å². The first-order chi connectivity index (χ1) is 11.9. The fourth-order valence-corrected chi connectivity index (χ4v) is 2.14. The van der Waals surface area contributed by atoms with Crippen molar-refractivity contribution in [3.05, 3.63) is 58.9 Å². The lowest BCUT2D eigenvalue weighted by atomic mass is 10.1. The number of methoxy groups -OCH3 is 1. The molecule has 0 aliphatic rings. The molecule has 2 aromatic carbocycles. The first kappa shape index (κ1) is 18.7. The van der Waals surface area contributed by atoms with Crippen molar-refractivity contribution in [3.8, 4) is 11.5 Å². The van der Waals surface area contributed by atoms with Gasteiger partial charge < -0.3 is 14.8 Å². The Labute approximate surface area is 146 Å². The topological polar surface area (TPSA) is 47.6 Å². The second-order valence-corrected chi connectivity index (χ2v) is 5.12. The van der Waals surface area contributed by atoms with E-state index in [1.54, 1.807) is 6.07 Å². The molecule has 2 aromatic rings. The summed E-state index contributed by atoms with van der Waals surface area (Å²) in [5, 5.41) is 2.34. The SMILES string of the molecule is COc1cccc(/C=C/C(=O)Nc2ccc(F)c(Cl)c2)c1OC(F)F. The standard InChI is InChI=1S/C17H13ClF3NO3/c1-24-14-4-2-3-10(16(14)25-17(20)21)5-8-15(23)22-11-6-7-13(19)12(18)9-11/h2-9,17H,1H3,(H,22,23)/b8-5+. The van der Waals surface area contributed by atoms with E-state index in [9.17, 15) is 18.0 Å². The molecule has 2 rings (SSSR count). The number of carbonyl (C=O) groups excluding carboxylic acids is 1. The van der Waals surface area contributed by atoms with Gasteiger partial charge in [-0.3, -0.25) is 4.79 Å². The maximum absolute atomic E-state index is 13.1. The highest BCUT2D eigenvalue weighted by atomic mass is 35.5. The summed E-state index contributed by atoms with van der Waals surface area (Å²) in [4.78, 5) is 11.9. The third-order valence-electron chi connectivity index (χ3n) is 3.04. The van der Waals surface area contributed by atoms with E-state index in [0.29, 0.717) is 0 Å². The van der Waals surface area contributed by atoms with Crippen LogP contribution in [0.5, 0.6) is 11.5 Å². The molecule has 0 aliphatic carbocycles. The quantitative estimate of drug-likeness (QED) is 0.746. The van der Waals surface area contributed by atoms with E-state index < -0.39 is 18.3 Å². The van der Waals surface area contributed by atoms with Crippen molar-refractivity contribution in [1.29, 1.82) is 0 Å². The zero-order valence-electron chi connectivity index (χ0n) is 12.9. The first-order valence-electron chi connectivity index (χ1n) is 6.96. The maximum Gasteiger partial charge on any atom is 0.387 e. The Kier molecular flexibility index (Phi) is 6.30.